The fraction of sp³-hybridized carbons (Fsp3) is 0.300. The lowest BCUT2D eigenvalue weighted by Crippen LogP contribution is -2.18. The molecule has 5 N–H and O–H groups in total. The van der Waals surface area contributed by atoms with Crippen molar-refractivity contribution in [3.8, 4) is 0 Å². The molecule has 1 aromatic rings. The maximum Gasteiger partial charge on any atom is 0.336 e. The van der Waals surface area contributed by atoms with Crippen LogP contribution in [-0.2, 0) is 0 Å². The van der Waals surface area contributed by atoms with Gasteiger partial charge in [0.25, 0.3) is 0 Å². The van der Waals surface area contributed by atoms with Gasteiger partial charge in [0, 0.05) is 6.04 Å². The topological polar surface area (TPSA) is 89.3 Å². The minimum absolute atomic E-state index is 0.258. The monoisotopic (exact) mass is 194 g/mol. The largest absolute Gasteiger partial charge is 0.478 e. The molecule has 0 bridgehead atoms. The number of carboxylic acids is 1. The first-order chi connectivity index (χ1) is 6.66. The summed E-state index contributed by atoms with van der Waals surface area (Å²) in [6, 6.07) is 6.44. The van der Waals surface area contributed by atoms with Crippen LogP contribution in [0.5, 0.6) is 0 Å². The van der Waals surface area contributed by atoms with Crippen molar-refractivity contribution < 1.29 is 9.90 Å². The third-order valence-electron chi connectivity index (χ3n) is 2.07. The third-order valence-corrected chi connectivity index (χ3v) is 2.07. The van der Waals surface area contributed by atoms with Crippen LogP contribution < -0.4 is 11.5 Å². The van der Waals surface area contributed by atoms with Crippen LogP contribution in [0.25, 0.3) is 0 Å². The average molecular weight is 194 g/mol. The first-order valence-corrected chi connectivity index (χ1v) is 4.44. The second kappa shape index (κ2) is 4.74. The van der Waals surface area contributed by atoms with Crippen LogP contribution in [-0.4, -0.2) is 17.6 Å². The second-order valence-electron chi connectivity index (χ2n) is 3.08. The summed E-state index contributed by atoms with van der Waals surface area (Å²) in [6.45, 7) is 0.453. The molecule has 0 aliphatic heterocycles. The second-order valence-corrected chi connectivity index (χ2v) is 3.08. The zero-order valence-corrected chi connectivity index (χ0v) is 7.81. The molecule has 0 fully saturated rings. The van der Waals surface area contributed by atoms with E-state index in [1.807, 2.05) is 0 Å². The molecular formula is C10H14N2O2. The Morgan fingerprint density at radius 1 is 1.43 bits per heavy atom. The highest BCUT2D eigenvalue weighted by Crippen LogP contribution is 2.18. The van der Waals surface area contributed by atoms with E-state index in [1.165, 1.54) is 0 Å². The normalized spacial score (nSPS) is 12.4. The molecule has 0 aliphatic rings. The molecule has 1 aromatic carbocycles. The van der Waals surface area contributed by atoms with Crippen LogP contribution in [0.15, 0.2) is 24.3 Å². The van der Waals surface area contributed by atoms with Gasteiger partial charge in [0.15, 0.2) is 0 Å². The maximum atomic E-state index is 10.8. The van der Waals surface area contributed by atoms with Gasteiger partial charge in [-0.15, -0.1) is 0 Å². The van der Waals surface area contributed by atoms with Crippen LogP contribution >= 0.6 is 0 Å². The molecule has 0 heterocycles. The number of carboxylic acid groups (broad SMARTS) is 1. The zero-order valence-electron chi connectivity index (χ0n) is 7.81. The van der Waals surface area contributed by atoms with Crippen LogP contribution in [0.3, 0.4) is 0 Å². The van der Waals surface area contributed by atoms with Gasteiger partial charge in [0.1, 0.15) is 0 Å². The first-order valence-electron chi connectivity index (χ1n) is 4.44. The van der Waals surface area contributed by atoms with E-state index >= 15 is 0 Å². The van der Waals surface area contributed by atoms with Crippen molar-refractivity contribution in [1.82, 2.24) is 0 Å². The molecule has 0 spiro atoms. The Kier molecular flexibility index (Phi) is 3.62. The molecule has 0 saturated heterocycles. The third kappa shape index (κ3) is 2.31. The summed E-state index contributed by atoms with van der Waals surface area (Å²) in [4.78, 5) is 10.8. The van der Waals surface area contributed by atoms with Gasteiger partial charge < -0.3 is 16.6 Å². The number of benzene rings is 1. The highest BCUT2D eigenvalue weighted by Gasteiger charge is 2.13. The summed E-state index contributed by atoms with van der Waals surface area (Å²) in [7, 11) is 0. The summed E-state index contributed by atoms with van der Waals surface area (Å²) in [5, 5.41) is 8.90. The van der Waals surface area contributed by atoms with Gasteiger partial charge in [-0.3, -0.25) is 0 Å². The number of carbonyl (C=O) groups is 1. The van der Waals surface area contributed by atoms with Gasteiger partial charge in [-0.05, 0) is 24.6 Å². The molecule has 0 aromatic heterocycles. The Hall–Kier alpha value is -1.39. The molecule has 14 heavy (non-hydrogen) atoms. The van der Waals surface area contributed by atoms with Crippen LogP contribution in [0.2, 0.25) is 0 Å². The molecule has 0 saturated carbocycles. The summed E-state index contributed by atoms with van der Waals surface area (Å²) >= 11 is 0. The smallest absolute Gasteiger partial charge is 0.336 e. The van der Waals surface area contributed by atoms with Crippen LogP contribution in [0.1, 0.15) is 28.4 Å². The number of hydrogen-bond donors (Lipinski definition) is 3. The van der Waals surface area contributed by atoms with Crippen molar-refractivity contribution in [1.29, 1.82) is 0 Å². The Morgan fingerprint density at radius 2 is 2.07 bits per heavy atom. The Labute approximate surface area is 82.5 Å². The first kappa shape index (κ1) is 10.7. The van der Waals surface area contributed by atoms with Gasteiger partial charge >= 0.3 is 5.97 Å². The molecule has 1 atom stereocenters. The highest BCUT2D eigenvalue weighted by molar-refractivity contribution is 5.89. The van der Waals surface area contributed by atoms with Gasteiger partial charge in [-0.1, -0.05) is 18.2 Å². The minimum atomic E-state index is -0.951. The van der Waals surface area contributed by atoms with Gasteiger partial charge in [0.05, 0.1) is 5.56 Å². The van der Waals surface area contributed by atoms with Crippen molar-refractivity contribution in [3.05, 3.63) is 35.4 Å². The molecule has 76 valence electrons. The zero-order chi connectivity index (χ0) is 10.6. The van der Waals surface area contributed by atoms with Gasteiger partial charge in [-0.25, -0.2) is 4.79 Å². The summed E-state index contributed by atoms with van der Waals surface area (Å²) < 4.78 is 0. The Morgan fingerprint density at radius 3 is 2.64 bits per heavy atom. The van der Waals surface area contributed by atoms with Crippen molar-refractivity contribution in [2.45, 2.75) is 12.5 Å². The lowest BCUT2D eigenvalue weighted by Gasteiger charge is -2.12. The number of nitrogens with two attached hydrogens (primary N) is 2. The quantitative estimate of drug-likeness (QED) is 0.659. The molecule has 0 aliphatic carbocycles. The summed E-state index contributed by atoms with van der Waals surface area (Å²) in [6.07, 6.45) is 0.588. The fourth-order valence-corrected chi connectivity index (χ4v) is 1.35. The highest BCUT2D eigenvalue weighted by atomic mass is 16.4. The predicted octanol–water partition coefficient (Wildman–Crippen LogP) is 0.733. The van der Waals surface area contributed by atoms with Crippen molar-refractivity contribution >= 4 is 5.97 Å². The van der Waals surface area contributed by atoms with Gasteiger partial charge in [-0.2, -0.15) is 0 Å². The summed E-state index contributed by atoms with van der Waals surface area (Å²) in [5.74, 6) is -0.951. The van der Waals surface area contributed by atoms with E-state index < -0.39 is 5.97 Å². The predicted molar refractivity (Wildman–Crippen MR) is 54.0 cm³/mol. The lowest BCUT2D eigenvalue weighted by atomic mass is 9.99. The van der Waals surface area contributed by atoms with Crippen molar-refractivity contribution in [2.24, 2.45) is 11.5 Å². The van der Waals surface area contributed by atoms with Gasteiger partial charge in [0.2, 0.25) is 0 Å². The molecule has 4 nitrogen and oxygen atoms in total. The minimum Gasteiger partial charge on any atom is -0.478 e. The van der Waals surface area contributed by atoms with Crippen molar-refractivity contribution in [3.63, 3.8) is 0 Å². The average Bonchev–Trinajstić information content (AvgIpc) is 2.18. The van der Waals surface area contributed by atoms with E-state index in [4.69, 9.17) is 16.6 Å². The van der Waals surface area contributed by atoms with Crippen molar-refractivity contribution in [2.75, 3.05) is 6.54 Å². The van der Waals surface area contributed by atoms with E-state index in [2.05, 4.69) is 0 Å². The van der Waals surface area contributed by atoms with Crippen LogP contribution in [0, 0.1) is 0 Å². The van der Waals surface area contributed by atoms with E-state index in [-0.39, 0.29) is 11.6 Å². The van der Waals surface area contributed by atoms with E-state index in [0.717, 1.165) is 0 Å². The Balaban J connectivity index is 3.00. The maximum absolute atomic E-state index is 10.8. The summed E-state index contributed by atoms with van der Waals surface area (Å²) in [5.41, 5.74) is 12.1. The molecule has 4 heteroatoms. The Bertz CT molecular complexity index is 326. The molecule has 1 rings (SSSR count). The SMILES string of the molecule is NCC[C@@H](N)c1ccccc1C(=O)O. The standard InChI is InChI=1S/C10H14N2O2/c11-6-5-9(12)7-3-1-2-4-8(7)10(13)14/h1-4,9H,5-6,11-12H2,(H,13,14)/t9-/m1/s1. The number of aromatic carboxylic acids is 1. The van der Waals surface area contributed by atoms with E-state index in [9.17, 15) is 4.79 Å². The number of hydrogen-bond acceptors (Lipinski definition) is 3. The lowest BCUT2D eigenvalue weighted by molar-refractivity contribution is 0.0695. The fourth-order valence-electron chi connectivity index (χ4n) is 1.35. The molecule has 0 amide bonds. The molecule has 0 radical (unpaired) electrons. The van der Waals surface area contributed by atoms with E-state index in [0.29, 0.717) is 18.5 Å². The number of rotatable bonds is 4. The van der Waals surface area contributed by atoms with E-state index in [1.54, 1.807) is 24.3 Å². The van der Waals surface area contributed by atoms with Crippen LogP contribution in [0.4, 0.5) is 0 Å². The molecule has 0 unspecified atom stereocenters. The molecular weight excluding hydrogens is 180 g/mol.